The summed E-state index contributed by atoms with van der Waals surface area (Å²) < 4.78 is 10.8. The second kappa shape index (κ2) is 9.18. The minimum atomic E-state index is -0.549. The van der Waals surface area contributed by atoms with Crippen molar-refractivity contribution in [1.82, 2.24) is 0 Å². The van der Waals surface area contributed by atoms with E-state index in [2.05, 4.69) is 0 Å². The van der Waals surface area contributed by atoms with E-state index in [0.29, 0.717) is 0 Å². The Morgan fingerprint density at radius 2 is 1.38 bits per heavy atom. The molecule has 0 heterocycles. The second-order valence-corrected chi connectivity index (χ2v) is 7.25. The number of rotatable bonds is 7. The molecule has 2 aromatic rings. The van der Waals surface area contributed by atoms with Crippen LogP contribution in [0.2, 0.25) is 0 Å². The Morgan fingerprint density at radius 3 is 1.96 bits per heavy atom. The van der Waals surface area contributed by atoms with E-state index in [1.807, 2.05) is 81.4 Å². The molecule has 0 bridgehead atoms. The smallest absolute Gasteiger partial charge is 0.306 e. The van der Waals surface area contributed by atoms with E-state index in [1.165, 1.54) is 0 Å². The summed E-state index contributed by atoms with van der Waals surface area (Å²) in [4.78, 5) is 24.5. The Bertz CT molecular complexity index is 702. The Kier molecular flexibility index (Phi) is 6.96. The standard InChI is InChI=1S/C22H26O4/c1-22(2,3)26-21(24)15-19(18-12-8-5-9-13-18)14-20(23)25-16-17-10-6-4-7-11-17/h4-13,19H,14-16H2,1-3H3. The van der Waals surface area contributed by atoms with Crippen LogP contribution in [-0.4, -0.2) is 17.5 Å². The van der Waals surface area contributed by atoms with Crippen LogP contribution in [0.5, 0.6) is 0 Å². The highest BCUT2D eigenvalue weighted by atomic mass is 16.6. The van der Waals surface area contributed by atoms with Crippen molar-refractivity contribution in [3.05, 3.63) is 71.8 Å². The molecule has 138 valence electrons. The predicted octanol–water partition coefficient (Wildman–Crippen LogP) is 4.64. The number of carbonyl (C=O) groups excluding carboxylic acids is 2. The highest BCUT2D eigenvalue weighted by Gasteiger charge is 2.24. The molecule has 0 saturated carbocycles. The van der Waals surface area contributed by atoms with Crippen LogP contribution in [0.4, 0.5) is 0 Å². The average Bonchev–Trinajstić information content (AvgIpc) is 2.59. The molecule has 2 aromatic carbocycles. The summed E-state index contributed by atoms with van der Waals surface area (Å²) in [5, 5.41) is 0. The molecular formula is C22H26O4. The fourth-order valence-corrected chi connectivity index (χ4v) is 2.62. The largest absolute Gasteiger partial charge is 0.461 e. The first kappa shape index (κ1) is 19.7. The quantitative estimate of drug-likeness (QED) is 0.680. The average molecular weight is 354 g/mol. The molecule has 0 aliphatic carbocycles. The molecule has 0 aliphatic heterocycles. The van der Waals surface area contributed by atoms with Gasteiger partial charge in [-0.1, -0.05) is 60.7 Å². The summed E-state index contributed by atoms with van der Waals surface area (Å²) in [6.45, 7) is 5.72. The maximum Gasteiger partial charge on any atom is 0.306 e. The second-order valence-electron chi connectivity index (χ2n) is 7.25. The van der Waals surface area contributed by atoms with E-state index in [-0.39, 0.29) is 37.3 Å². The SMILES string of the molecule is CC(C)(C)OC(=O)CC(CC(=O)OCc1ccccc1)c1ccccc1. The van der Waals surface area contributed by atoms with Gasteiger partial charge in [0, 0.05) is 5.92 Å². The number of carbonyl (C=O) groups is 2. The van der Waals surface area contributed by atoms with Crippen molar-refractivity contribution in [2.24, 2.45) is 0 Å². The fraction of sp³-hybridized carbons (Fsp3) is 0.364. The van der Waals surface area contributed by atoms with Gasteiger partial charge >= 0.3 is 11.9 Å². The van der Waals surface area contributed by atoms with Crippen LogP contribution >= 0.6 is 0 Å². The molecule has 0 aromatic heterocycles. The maximum absolute atomic E-state index is 12.3. The van der Waals surface area contributed by atoms with Crippen LogP contribution in [0, 0.1) is 0 Å². The third-order valence-corrected chi connectivity index (χ3v) is 3.76. The minimum Gasteiger partial charge on any atom is -0.461 e. The summed E-state index contributed by atoms with van der Waals surface area (Å²) in [5.74, 6) is -0.914. The lowest BCUT2D eigenvalue weighted by atomic mass is 9.92. The third kappa shape index (κ3) is 7.09. The summed E-state index contributed by atoms with van der Waals surface area (Å²) in [5.41, 5.74) is 1.31. The zero-order valence-corrected chi connectivity index (χ0v) is 15.6. The van der Waals surface area contributed by atoms with Crippen molar-refractivity contribution in [2.75, 3.05) is 0 Å². The lowest BCUT2D eigenvalue weighted by Crippen LogP contribution is -2.25. The van der Waals surface area contributed by atoms with Crippen LogP contribution in [0.1, 0.15) is 50.7 Å². The monoisotopic (exact) mass is 354 g/mol. The Morgan fingerprint density at radius 1 is 0.846 bits per heavy atom. The van der Waals surface area contributed by atoms with Gasteiger partial charge in [-0.3, -0.25) is 9.59 Å². The molecular weight excluding hydrogens is 328 g/mol. The third-order valence-electron chi connectivity index (χ3n) is 3.76. The number of ether oxygens (including phenoxy) is 2. The van der Waals surface area contributed by atoms with E-state index in [9.17, 15) is 9.59 Å². The van der Waals surface area contributed by atoms with Gasteiger partial charge in [0.1, 0.15) is 12.2 Å². The first-order valence-corrected chi connectivity index (χ1v) is 8.80. The summed E-state index contributed by atoms with van der Waals surface area (Å²) >= 11 is 0. The first-order chi connectivity index (χ1) is 12.3. The van der Waals surface area contributed by atoms with Crippen molar-refractivity contribution >= 4 is 11.9 Å². The van der Waals surface area contributed by atoms with Gasteiger partial charge in [-0.25, -0.2) is 0 Å². The lowest BCUT2D eigenvalue weighted by molar-refractivity contribution is -0.155. The molecule has 0 radical (unpaired) electrons. The zero-order valence-electron chi connectivity index (χ0n) is 15.6. The van der Waals surface area contributed by atoms with E-state index in [1.54, 1.807) is 0 Å². The van der Waals surface area contributed by atoms with E-state index < -0.39 is 5.60 Å². The molecule has 1 unspecified atom stereocenters. The van der Waals surface area contributed by atoms with E-state index >= 15 is 0 Å². The van der Waals surface area contributed by atoms with Gasteiger partial charge in [-0.05, 0) is 31.9 Å². The molecule has 0 saturated heterocycles. The Labute approximate surface area is 155 Å². The van der Waals surface area contributed by atoms with Crippen LogP contribution in [0.3, 0.4) is 0 Å². The van der Waals surface area contributed by atoms with Crippen molar-refractivity contribution in [2.45, 2.75) is 51.7 Å². The van der Waals surface area contributed by atoms with Gasteiger partial charge in [0.05, 0.1) is 12.8 Å². The number of benzene rings is 2. The number of hydrogen-bond acceptors (Lipinski definition) is 4. The van der Waals surface area contributed by atoms with E-state index in [4.69, 9.17) is 9.47 Å². The van der Waals surface area contributed by atoms with Crippen LogP contribution in [-0.2, 0) is 25.7 Å². The highest BCUT2D eigenvalue weighted by Crippen LogP contribution is 2.26. The van der Waals surface area contributed by atoms with Gasteiger partial charge in [-0.2, -0.15) is 0 Å². The molecule has 0 amide bonds. The van der Waals surface area contributed by atoms with E-state index in [0.717, 1.165) is 11.1 Å². The zero-order chi connectivity index (χ0) is 19.0. The lowest BCUT2D eigenvalue weighted by Gasteiger charge is -2.22. The van der Waals surface area contributed by atoms with Gasteiger partial charge in [-0.15, -0.1) is 0 Å². The number of esters is 2. The molecule has 4 heteroatoms. The summed E-state index contributed by atoms with van der Waals surface area (Å²) in [6, 6.07) is 19.1. The molecule has 0 spiro atoms. The number of hydrogen-bond donors (Lipinski definition) is 0. The van der Waals surface area contributed by atoms with Crippen LogP contribution in [0.25, 0.3) is 0 Å². The molecule has 2 rings (SSSR count). The van der Waals surface area contributed by atoms with Crippen LogP contribution < -0.4 is 0 Å². The molecule has 0 N–H and O–H groups in total. The van der Waals surface area contributed by atoms with Crippen LogP contribution in [0.15, 0.2) is 60.7 Å². The normalized spacial score (nSPS) is 12.3. The van der Waals surface area contributed by atoms with Crippen molar-refractivity contribution in [3.8, 4) is 0 Å². The van der Waals surface area contributed by atoms with Gasteiger partial charge in [0.2, 0.25) is 0 Å². The molecule has 0 fully saturated rings. The predicted molar refractivity (Wildman–Crippen MR) is 101 cm³/mol. The van der Waals surface area contributed by atoms with Crippen molar-refractivity contribution in [1.29, 1.82) is 0 Å². The molecule has 1 atom stereocenters. The topological polar surface area (TPSA) is 52.6 Å². The Hall–Kier alpha value is -2.62. The van der Waals surface area contributed by atoms with Crippen molar-refractivity contribution in [3.63, 3.8) is 0 Å². The first-order valence-electron chi connectivity index (χ1n) is 8.80. The molecule has 0 aliphatic rings. The Balaban J connectivity index is 1.99. The van der Waals surface area contributed by atoms with Gasteiger partial charge in [0.15, 0.2) is 0 Å². The molecule has 26 heavy (non-hydrogen) atoms. The summed E-state index contributed by atoms with van der Waals surface area (Å²) in [7, 11) is 0. The highest BCUT2D eigenvalue weighted by molar-refractivity contribution is 5.75. The minimum absolute atomic E-state index is 0.135. The maximum atomic E-state index is 12.3. The molecule has 4 nitrogen and oxygen atoms in total. The fourth-order valence-electron chi connectivity index (χ4n) is 2.62. The summed E-state index contributed by atoms with van der Waals surface area (Å²) in [6.07, 6.45) is 0.276. The van der Waals surface area contributed by atoms with Crippen molar-refractivity contribution < 1.29 is 19.1 Å². The van der Waals surface area contributed by atoms with Gasteiger partial charge < -0.3 is 9.47 Å². The van der Waals surface area contributed by atoms with Gasteiger partial charge in [0.25, 0.3) is 0 Å².